The van der Waals surface area contributed by atoms with Crippen LogP contribution in [0.5, 0.6) is 0 Å². The lowest BCUT2D eigenvalue weighted by Crippen LogP contribution is -2.35. The number of amides is 1. The summed E-state index contributed by atoms with van der Waals surface area (Å²) in [6, 6.07) is 10.1. The molecule has 3 heteroatoms. The molecule has 0 aromatic heterocycles. The van der Waals surface area contributed by atoms with Crippen LogP contribution in [-0.4, -0.2) is 19.0 Å². The zero-order valence-electron chi connectivity index (χ0n) is 10.4. The third kappa shape index (κ3) is 2.86. The van der Waals surface area contributed by atoms with Gasteiger partial charge in [-0.15, -0.1) is 0 Å². The summed E-state index contributed by atoms with van der Waals surface area (Å²) in [5, 5.41) is 6.34. The van der Waals surface area contributed by atoms with Crippen LogP contribution in [0.2, 0.25) is 0 Å². The summed E-state index contributed by atoms with van der Waals surface area (Å²) >= 11 is 0. The van der Waals surface area contributed by atoms with E-state index >= 15 is 0 Å². The summed E-state index contributed by atoms with van der Waals surface area (Å²) in [7, 11) is 0. The van der Waals surface area contributed by atoms with Crippen molar-refractivity contribution in [2.24, 2.45) is 11.8 Å². The second kappa shape index (κ2) is 5.32. The molecule has 3 nitrogen and oxygen atoms in total. The summed E-state index contributed by atoms with van der Waals surface area (Å²) in [6.45, 7) is 5.89. The van der Waals surface area contributed by atoms with E-state index in [9.17, 15) is 4.79 Å². The maximum absolute atomic E-state index is 12.1. The third-order valence-electron chi connectivity index (χ3n) is 3.51. The second-order valence-electron chi connectivity index (χ2n) is 4.88. The highest BCUT2D eigenvalue weighted by molar-refractivity contribution is 5.80. The minimum atomic E-state index is 0.0801. The monoisotopic (exact) mass is 232 g/mol. The number of hydrogen-bond acceptors (Lipinski definition) is 2. The molecule has 1 amide bonds. The molecule has 3 atom stereocenters. The molecular formula is C14H20N2O. The van der Waals surface area contributed by atoms with Crippen LogP contribution < -0.4 is 10.6 Å². The standard InChI is InChI=1S/C14H20N2O/c1-10-8-15-9-13(10)14(17)16-11(2)12-6-4-3-5-7-12/h3-7,10-11,13,15H,8-9H2,1-2H3,(H,16,17)/t10?,11-,13?/m0/s1. The van der Waals surface area contributed by atoms with Gasteiger partial charge in [0, 0.05) is 6.54 Å². The average molecular weight is 232 g/mol. The molecule has 1 fully saturated rings. The molecule has 17 heavy (non-hydrogen) atoms. The normalized spacial score (nSPS) is 25.5. The van der Waals surface area contributed by atoms with Crippen molar-refractivity contribution in [1.82, 2.24) is 10.6 Å². The number of carbonyl (C=O) groups is 1. The Kier molecular flexibility index (Phi) is 3.79. The smallest absolute Gasteiger partial charge is 0.225 e. The Labute approximate surface area is 103 Å². The number of rotatable bonds is 3. The molecule has 1 aliphatic heterocycles. The molecule has 92 valence electrons. The van der Waals surface area contributed by atoms with Gasteiger partial charge in [-0.05, 0) is 24.9 Å². The van der Waals surface area contributed by atoms with Gasteiger partial charge in [-0.1, -0.05) is 37.3 Å². The zero-order chi connectivity index (χ0) is 12.3. The Morgan fingerprint density at radius 1 is 1.35 bits per heavy atom. The van der Waals surface area contributed by atoms with Gasteiger partial charge in [0.15, 0.2) is 0 Å². The molecule has 2 rings (SSSR count). The van der Waals surface area contributed by atoms with Crippen LogP contribution in [0.3, 0.4) is 0 Å². The van der Waals surface area contributed by atoms with Crippen LogP contribution in [0.4, 0.5) is 0 Å². The molecule has 2 unspecified atom stereocenters. The SMILES string of the molecule is CC1CNCC1C(=O)N[C@@H](C)c1ccccc1. The van der Waals surface area contributed by atoms with Crippen LogP contribution in [0.15, 0.2) is 30.3 Å². The zero-order valence-corrected chi connectivity index (χ0v) is 10.4. The van der Waals surface area contributed by atoms with Gasteiger partial charge in [-0.25, -0.2) is 0 Å². The van der Waals surface area contributed by atoms with Gasteiger partial charge in [0.2, 0.25) is 5.91 Å². The van der Waals surface area contributed by atoms with Gasteiger partial charge in [0.1, 0.15) is 0 Å². The van der Waals surface area contributed by atoms with E-state index in [1.807, 2.05) is 37.3 Å². The largest absolute Gasteiger partial charge is 0.349 e. The first-order valence-corrected chi connectivity index (χ1v) is 6.24. The Morgan fingerprint density at radius 2 is 2.06 bits per heavy atom. The lowest BCUT2D eigenvalue weighted by atomic mass is 9.96. The molecule has 1 aromatic carbocycles. The number of hydrogen-bond donors (Lipinski definition) is 2. The van der Waals surface area contributed by atoms with Crippen molar-refractivity contribution in [3.63, 3.8) is 0 Å². The van der Waals surface area contributed by atoms with Crippen LogP contribution >= 0.6 is 0 Å². The van der Waals surface area contributed by atoms with Gasteiger partial charge >= 0.3 is 0 Å². The van der Waals surface area contributed by atoms with Crippen molar-refractivity contribution >= 4 is 5.91 Å². The molecule has 1 aromatic rings. The molecule has 0 radical (unpaired) electrons. The third-order valence-corrected chi connectivity index (χ3v) is 3.51. The maximum atomic E-state index is 12.1. The van der Waals surface area contributed by atoms with Gasteiger partial charge in [-0.2, -0.15) is 0 Å². The van der Waals surface area contributed by atoms with Crippen LogP contribution in [0, 0.1) is 11.8 Å². The minimum Gasteiger partial charge on any atom is -0.349 e. The Balaban J connectivity index is 1.95. The fourth-order valence-corrected chi connectivity index (χ4v) is 2.31. The van der Waals surface area contributed by atoms with E-state index in [1.54, 1.807) is 0 Å². The predicted molar refractivity (Wildman–Crippen MR) is 68.5 cm³/mol. The van der Waals surface area contributed by atoms with Gasteiger partial charge in [0.05, 0.1) is 12.0 Å². The minimum absolute atomic E-state index is 0.0801. The summed E-state index contributed by atoms with van der Waals surface area (Å²) in [5.41, 5.74) is 1.15. The molecule has 1 heterocycles. The fourth-order valence-electron chi connectivity index (χ4n) is 2.31. The van der Waals surface area contributed by atoms with Crippen LogP contribution in [0.25, 0.3) is 0 Å². The molecule has 2 N–H and O–H groups in total. The van der Waals surface area contributed by atoms with E-state index < -0.39 is 0 Å². The van der Waals surface area contributed by atoms with Crippen molar-refractivity contribution in [2.75, 3.05) is 13.1 Å². The Hall–Kier alpha value is -1.35. The van der Waals surface area contributed by atoms with E-state index in [2.05, 4.69) is 17.6 Å². The molecule has 0 spiro atoms. The molecular weight excluding hydrogens is 212 g/mol. The van der Waals surface area contributed by atoms with Crippen molar-refractivity contribution in [3.8, 4) is 0 Å². The first-order valence-electron chi connectivity index (χ1n) is 6.24. The molecule has 0 aliphatic carbocycles. The second-order valence-corrected chi connectivity index (χ2v) is 4.88. The molecule has 0 saturated carbocycles. The maximum Gasteiger partial charge on any atom is 0.225 e. The summed E-state index contributed by atoms with van der Waals surface area (Å²) < 4.78 is 0. The number of nitrogens with one attached hydrogen (secondary N) is 2. The topological polar surface area (TPSA) is 41.1 Å². The fraction of sp³-hybridized carbons (Fsp3) is 0.500. The van der Waals surface area contributed by atoms with E-state index in [0.29, 0.717) is 5.92 Å². The van der Waals surface area contributed by atoms with Crippen molar-refractivity contribution in [2.45, 2.75) is 19.9 Å². The summed E-state index contributed by atoms with van der Waals surface area (Å²) in [5.74, 6) is 0.706. The van der Waals surface area contributed by atoms with Gasteiger partial charge in [0.25, 0.3) is 0 Å². The highest BCUT2D eigenvalue weighted by Crippen LogP contribution is 2.18. The quantitative estimate of drug-likeness (QED) is 0.833. The first kappa shape index (κ1) is 12.1. The number of benzene rings is 1. The van der Waals surface area contributed by atoms with Crippen molar-refractivity contribution in [1.29, 1.82) is 0 Å². The van der Waals surface area contributed by atoms with E-state index in [-0.39, 0.29) is 17.9 Å². The van der Waals surface area contributed by atoms with Crippen molar-refractivity contribution in [3.05, 3.63) is 35.9 Å². The highest BCUT2D eigenvalue weighted by Gasteiger charge is 2.30. The van der Waals surface area contributed by atoms with Crippen LogP contribution in [-0.2, 0) is 4.79 Å². The summed E-state index contributed by atoms with van der Waals surface area (Å²) in [4.78, 5) is 12.1. The van der Waals surface area contributed by atoms with Crippen molar-refractivity contribution < 1.29 is 4.79 Å². The van der Waals surface area contributed by atoms with E-state index in [0.717, 1.165) is 18.7 Å². The lowest BCUT2D eigenvalue weighted by molar-refractivity contribution is -0.126. The van der Waals surface area contributed by atoms with Crippen LogP contribution in [0.1, 0.15) is 25.5 Å². The average Bonchev–Trinajstić information content (AvgIpc) is 2.76. The van der Waals surface area contributed by atoms with Gasteiger partial charge < -0.3 is 10.6 Å². The Bertz CT molecular complexity index is 377. The molecule has 1 saturated heterocycles. The first-order chi connectivity index (χ1) is 8.18. The highest BCUT2D eigenvalue weighted by atomic mass is 16.2. The number of carbonyl (C=O) groups excluding carboxylic acids is 1. The Morgan fingerprint density at radius 3 is 2.65 bits per heavy atom. The summed E-state index contributed by atoms with van der Waals surface area (Å²) in [6.07, 6.45) is 0. The van der Waals surface area contributed by atoms with E-state index in [4.69, 9.17) is 0 Å². The van der Waals surface area contributed by atoms with Gasteiger partial charge in [-0.3, -0.25) is 4.79 Å². The molecule has 1 aliphatic rings. The molecule has 0 bridgehead atoms. The predicted octanol–water partition coefficient (Wildman–Crippen LogP) is 1.72. The lowest BCUT2D eigenvalue weighted by Gasteiger charge is -2.19. The van der Waals surface area contributed by atoms with E-state index in [1.165, 1.54) is 0 Å².